The fraction of sp³-hybridized carbons (Fsp3) is 0.0909. The Kier molecular flexibility index (Phi) is 2.40. The lowest BCUT2D eigenvalue weighted by Gasteiger charge is -2.06. The second-order valence-corrected chi connectivity index (χ2v) is 2.90. The van der Waals surface area contributed by atoms with E-state index in [1.807, 2.05) is 18.2 Å². The molecule has 0 aromatic carbocycles. The molecule has 0 N–H and O–H groups in total. The molecule has 0 bridgehead atoms. The minimum absolute atomic E-state index is 0.497. The highest BCUT2D eigenvalue weighted by atomic mass is 16.5. The number of pyridine rings is 1. The number of allylic oxidation sites excluding steroid dienone is 2. The van der Waals surface area contributed by atoms with Gasteiger partial charge in [-0.3, -0.25) is 4.99 Å². The Labute approximate surface area is 82.5 Å². The van der Waals surface area contributed by atoms with Crippen molar-refractivity contribution in [1.29, 1.82) is 0 Å². The van der Waals surface area contributed by atoms with E-state index in [0.29, 0.717) is 11.6 Å². The monoisotopic (exact) mass is 186 g/mol. The second-order valence-electron chi connectivity index (χ2n) is 2.90. The third-order valence-electron chi connectivity index (χ3n) is 1.83. The van der Waals surface area contributed by atoms with Crippen LogP contribution in [0.15, 0.2) is 47.9 Å². The normalized spacial score (nSPS) is 17.3. The summed E-state index contributed by atoms with van der Waals surface area (Å²) in [6.07, 6.45) is 7.73. The number of ether oxygens (including phenoxy) is 1. The van der Waals surface area contributed by atoms with Gasteiger partial charge in [0.15, 0.2) is 0 Å². The number of rotatable bonds is 0. The minimum Gasteiger partial charge on any atom is -0.438 e. The maximum atomic E-state index is 5.42. The van der Waals surface area contributed by atoms with Crippen LogP contribution in [0.1, 0.15) is 5.56 Å². The van der Waals surface area contributed by atoms with Crippen LogP contribution in [0.25, 0.3) is 0 Å². The summed E-state index contributed by atoms with van der Waals surface area (Å²) >= 11 is 0. The minimum atomic E-state index is 0.497. The fourth-order valence-electron chi connectivity index (χ4n) is 1.19. The second kappa shape index (κ2) is 3.87. The Hall–Kier alpha value is -1.90. The van der Waals surface area contributed by atoms with Crippen LogP contribution in [0.4, 0.5) is 0 Å². The summed E-state index contributed by atoms with van der Waals surface area (Å²) in [6, 6.07) is 3.86. The van der Waals surface area contributed by atoms with Crippen molar-refractivity contribution in [1.82, 2.24) is 4.98 Å². The first-order chi connectivity index (χ1) is 6.86. The van der Waals surface area contributed by atoms with E-state index in [-0.39, 0.29) is 0 Å². The standard InChI is InChI=1S/C11H10N2O/c1-9-8-12-6-2-4-10-5-3-7-13-11(10)14-9/h2-3,5-8H,1,4H2/b6-2-,12-8?. The lowest BCUT2D eigenvalue weighted by atomic mass is 10.2. The predicted octanol–water partition coefficient (Wildman–Crippen LogP) is 2.11. The summed E-state index contributed by atoms with van der Waals surface area (Å²) in [5.74, 6) is 1.10. The third-order valence-corrected chi connectivity index (χ3v) is 1.83. The van der Waals surface area contributed by atoms with Gasteiger partial charge in [-0.2, -0.15) is 0 Å². The van der Waals surface area contributed by atoms with E-state index in [1.165, 1.54) is 0 Å². The average molecular weight is 186 g/mol. The smallest absolute Gasteiger partial charge is 0.222 e. The van der Waals surface area contributed by atoms with Crippen LogP contribution in [0.2, 0.25) is 0 Å². The zero-order valence-electron chi connectivity index (χ0n) is 7.68. The molecule has 0 spiro atoms. The van der Waals surface area contributed by atoms with Crippen molar-refractivity contribution in [2.75, 3.05) is 0 Å². The van der Waals surface area contributed by atoms with Crippen LogP contribution in [0.3, 0.4) is 0 Å². The van der Waals surface area contributed by atoms with Crippen molar-refractivity contribution < 1.29 is 4.74 Å². The molecule has 14 heavy (non-hydrogen) atoms. The van der Waals surface area contributed by atoms with Gasteiger partial charge in [0.1, 0.15) is 5.76 Å². The molecule has 0 amide bonds. The van der Waals surface area contributed by atoms with Crippen molar-refractivity contribution in [2.24, 2.45) is 4.99 Å². The molecule has 0 fully saturated rings. The molecular weight excluding hydrogens is 176 g/mol. The highest BCUT2D eigenvalue weighted by molar-refractivity contribution is 5.76. The molecule has 0 saturated heterocycles. The van der Waals surface area contributed by atoms with Crippen LogP contribution in [0, 0.1) is 0 Å². The Morgan fingerprint density at radius 3 is 3.29 bits per heavy atom. The molecule has 70 valence electrons. The van der Waals surface area contributed by atoms with E-state index in [1.54, 1.807) is 18.6 Å². The summed E-state index contributed by atoms with van der Waals surface area (Å²) in [6.45, 7) is 3.71. The maximum absolute atomic E-state index is 5.42. The lowest BCUT2D eigenvalue weighted by Crippen LogP contribution is -1.99. The predicted molar refractivity (Wildman–Crippen MR) is 55.3 cm³/mol. The summed E-state index contributed by atoms with van der Waals surface area (Å²) in [5, 5.41) is 0. The topological polar surface area (TPSA) is 34.5 Å². The molecule has 1 aliphatic heterocycles. The first-order valence-corrected chi connectivity index (χ1v) is 4.35. The van der Waals surface area contributed by atoms with Gasteiger partial charge in [-0.25, -0.2) is 4.98 Å². The lowest BCUT2D eigenvalue weighted by molar-refractivity contribution is 0.436. The van der Waals surface area contributed by atoms with Gasteiger partial charge in [-0.05, 0) is 12.5 Å². The zero-order chi connectivity index (χ0) is 9.80. The molecule has 1 aromatic rings. The van der Waals surface area contributed by atoms with Gasteiger partial charge in [-0.1, -0.05) is 18.7 Å². The molecule has 0 radical (unpaired) electrons. The molecule has 2 rings (SSSR count). The van der Waals surface area contributed by atoms with Crippen molar-refractivity contribution in [3.63, 3.8) is 0 Å². The number of hydrogen-bond acceptors (Lipinski definition) is 3. The first kappa shape index (κ1) is 8.69. The molecule has 0 atom stereocenters. The Balaban J connectivity index is 2.39. The van der Waals surface area contributed by atoms with Gasteiger partial charge in [0, 0.05) is 18.0 Å². The quantitative estimate of drug-likeness (QED) is 0.622. The Bertz CT molecular complexity index is 408. The Morgan fingerprint density at radius 2 is 2.36 bits per heavy atom. The zero-order valence-corrected chi connectivity index (χ0v) is 7.68. The van der Waals surface area contributed by atoms with Crippen LogP contribution in [0.5, 0.6) is 5.88 Å². The third kappa shape index (κ3) is 1.88. The van der Waals surface area contributed by atoms with E-state index < -0.39 is 0 Å². The number of nitrogens with zero attached hydrogens (tertiary/aromatic N) is 2. The summed E-state index contributed by atoms with van der Waals surface area (Å²) in [7, 11) is 0. The van der Waals surface area contributed by atoms with Crippen molar-refractivity contribution >= 4 is 6.21 Å². The largest absolute Gasteiger partial charge is 0.438 e. The Morgan fingerprint density at radius 1 is 1.43 bits per heavy atom. The van der Waals surface area contributed by atoms with E-state index in [9.17, 15) is 0 Å². The highest BCUT2D eigenvalue weighted by Crippen LogP contribution is 2.17. The SMILES string of the molecule is C=C1C=N/C=C\Cc2cccnc2O1. The molecule has 1 aromatic heterocycles. The number of fused-ring (bicyclic) bond motifs is 1. The maximum Gasteiger partial charge on any atom is 0.222 e. The fourth-order valence-corrected chi connectivity index (χ4v) is 1.19. The van der Waals surface area contributed by atoms with Gasteiger partial charge in [0.2, 0.25) is 5.88 Å². The molecule has 3 nitrogen and oxygen atoms in total. The van der Waals surface area contributed by atoms with Crippen molar-refractivity contribution in [3.05, 3.63) is 48.5 Å². The summed E-state index contributed by atoms with van der Waals surface area (Å²) in [4.78, 5) is 8.13. The van der Waals surface area contributed by atoms with Gasteiger partial charge < -0.3 is 4.74 Å². The van der Waals surface area contributed by atoms with E-state index in [4.69, 9.17) is 4.74 Å². The van der Waals surface area contributed by atoms with Crippen LogP contribution in [-0.2, 0) is 6.42 Å². The van der Waals surface area contributed by atoms with E-state index in [2.05, 4.69) is 16.6 Å². The number of aliphatic imine (C=N–C) groups is 1. The van der Waals surface area contributed by atoms with Gasteiger partial charge >= 0.3 is 0 Å². The van der Waals surface area contributed by atoms with Gasteiger partial charge in [-0.15, -0.1) is 0 Å². The van der Waals surface area contributed by atoms with Gasteiger partial charge in [0.05, 0.1) is 6.21 Å². The first-order valence-electron chi connectivity index (χ1n) is 4.35. The molecule has 0 saturated carbocycles. The molecule has 0 aliphatic carbocycles. The molecular formula is C11H10N2O. The van der Waals surface area contributed by atoms with E-state index >= 15 is 0 Å². The van der Waals surface area contributed by atoms with Crippen LogP contribution < -0.4 is 4.74 Å². The molecule has 3 heteroatoms. The highest BCUT2D eigenvalue weighted by Gasteiger charge is 2.04. The number of hydrogen-bond donors (Lipinski definition) is 0. The van der Waals surface area contributed by atoms with Crippen LogP contribution in [-0.4, -0.2) is 11.2 Å². The van der Waals surface area contributed by atoms with Crippen molar-refractivity contribution in [2.45, 2.75) is 6.42 Å². The molecule has 1 aliphatic rings. The van der Waals surface area contributed by atoms with Crippen molar-refractivity contribution in [3.8, 4) is 5.88 Å². The van der Waals surface area contributed by atoms with E-state index in [0.717, 1.165) is 12.0 Å². The van der Waals surface area contributed by atoms with Gasteiger partial charge in [0.25, 0.3) is 0 Å². The summed E-state index contributed by atoms with van der Waals surface area (Å²) in [5.41, 5.74) is 1.04. The number of aromatic nitrogens is 1. The molecule has 0 unspecified atom stereocenters. The molecule has 2 heterocycles. The summed E-state index contributed by atoms with van der Waals surface area (Å²) < 4.78 is 5.42. The van der Waals surface area contributed by atoms with Crippen LogP contribution >= 0.6 is 0 Å². The average Bonchev–Trinajstić information content (AvgIpc) is 2.27.